The van der Waals surface area contributed by atoms with Crippen molar-refractivity contribution in [3.8, 4) is 0 Å². The third-order valence-electron chi connectivity index (χ3n) is 3.20. The zero-order chi connectivity index (χ0) is 14.3. The number of thiophene rings is 1. The average Bonchev–Trinajstić information content (AvgIpc) is 3.02. The first-order chi connectivity index (χ1) is 9.58. The van der Waals surface area contributed by atoms with Crippen LogP contribution in [0.3, 0.4) is 0 Å². The lowest BCUT2D eigenvalue weighted by Crippen LogP contribution is -2.19. The Morgan fingerprint density at radius 1 is 1.45 bits per heavy atom. The smallest absolute Gasteiger partial charge is 0.262 e. The van der Waals surface area contributed by atoms with Gasteiger partial charge in [-0.2, -0.15) is 0 Å². The van der Waals surface area contributed by atoms with Gasteiger partial charge in [-0.05, 0) is 19.4 Å². The number of hydrogen-bond donors (Lipinski definition) is 0. The van der Waals surface area contributed by atoms with Crippen molar-refractivity contribution in [1.29, 1.82) is 0 Å². The molecule has 20 heavy (non-hydrogen) atoms. The van der Waals surface area contributed by atoms with Gasteiger partial charge in [0.05, 0.1) is 11.1 Å². The molecule has 3 heterocycles. The Hall–Kier alpha value is -1.60. The molecule has 0 spiro atoms. The van der Waals surface area contributed by atoms with Gasteiger partial charge in [-0.1, -0.05) is 11.8 Å². The third kappa shape index (κ3) is 2.16. The molecule has 3 aromatic heterocycles. The number of aryl methyl sites for hydroxylation is 2. The van der Waals surface area contributed by atoms with E-state index in [0.717, 1.165) is 26.4 Å². The molecular weight excluding hydrogens is 294 g/mol. The highest BCUT2D eigenvalue weighted by Crippen LogP contribution is 2.28. The van der Waals surface area contributed by atoms with Gasteiger partial charge >= 0.3 is 0 Å². The Morgan fingerprint density at radius 3 is 2.95 bits per heavy atom. The fraction of sp³-hybridized carbons (Fsp3) is 0.308. The van der Waals surface area contributed by atoms with Crippen molar-refractivity contribution < 1.29 is 4.42 Å². The van der Waals surface area contributed by atoms with E-state index >= 15 is 0 Å². The molecule has 0 amide bonds. The minimum absolute atomic E-state index is 0.0134. The van der Waals surface area contributed by atoms with Gasteiger partial charge < -0.3 is 4.42 Å². The number of aromatic nitrogens is 3. The zero-order valence-corrected chi connectivity index (χ0v) is 13.0. The highest BCUT2D eigenvalue weighted by atomic mass is 32.2. The first-order valence-electron chi connectivity index (χ1n) is 6.04. The van der Waals surface area contributed by atoms with Crippen LogP contribution in [0.5, 0.6) is 0 Å². The van der Waals surface area contributed by atoms with Gasteiger partial charge in [0.2, 0.25) is 0 Å². The van der Waals surface area contributed by atoms with Crippen molar-refractivity contribution in [3.63, 3.8) is 0 Å². The highest BCUT2D eigenvalue weighted by molar-refractivity contribution is 7.98. The summed E-state index contributed by atoms with van der Waals surface area (Å²) in [6.07, 6.45) is 3.00. The third-order valence-corrected chi connectivity index (χ3v) is 5.37. The van der Waals surface area contributed by atoms with Crippen LogP contribution < -0.4 is 5.56 Å². The van der Waals surface area contributed by atoms with Crippen LogP contribution in [0.1, 0.15) is 16.1 Å². The van der Waals surface area contributed by atoms with E-state index in [4.69, 9.17) is 4.42 Å². The van der Waals surface area contributed by atoms with Gasteiger partial charge in [0, 0.05) is 17.7 Å². The summed E-state index contributed by atoms with van der Waals surface area (Å²) < 4.78 is 6.54. The number of rotatable bonds is 3. The van der Waals surface area contributed by atoms with Crippen LogP contribution in [-0.2, 0) is 12.8 Å². The minimum atomic E-state index is 0.0134. The molecule has 0 N–H and O–H groups in total. The van der Waals surface area contributed by atoms with E-state index in [9.17, 15) is 4.79 Å². The molecule has 3 aromatic rings. The summed E-state index contributed by atoms with van der Waals surface area (Å²) in [7, 11) is 1.76. The summed E-state index contributed by atoms with van der Waals surface area (Å²) in [5, 5.41) is 1.44. The lowest BCUT2D eigenvalue weighted by atomic mass is 10.2. The summed E-state index contributed by atoms with van der Waals surface area (Å²) in [5.74, 6) is 0.631. The Bertz CT molecular complexity index is 818. The molecule has 0 atom stereocenters. The number of oxazole rings is 1. The second-order valence-electron chi connectivity index (χ2n) is 4.49. The predicted molar refractivity (Wildman–Crippen MR) is 80.4 cm³/mol. The standard InChI is InChI=1S/C13H13N3O2S2/c1-7-8(2)20-11-10(7)12(17)16(3)13(15-11)19-5-9-4-18-6-14-9/h4,6H,5H2,1-3H3. The van der Waals surface area contributed by atoms with Gasteiger partial charge in [-0.3, -0.25) is 9.36 Å². The Balaban J connectivity index is 2.03. The summed E-state index contributed by atoms with van der Waals surface area (Å²) in [5.41, 5.74) is 1.88. The molecule has 0 saturated carbocycles. The first kappa shape index (κ1) is 13.4. The van der Waals surface area contributed by atoms with Crippen LogP contribution in [0, 0.1) is 13.8 Å². The van der Waals surface area contributed by atoms with Gasteiger partial charge in [-0.15, -0.1) is 11.3 Å². The van der Waals surface area contributed by atoms with E-state index < -0.39 is 0 Å². The van der Waals surface area contributed by atoms with Crippen LogP contribution in [0.4, 0.5) is 0 Å². The van der Waals surface area contributed by atoms with Gasteiger partial charge in [0.25, 0.3) is 5.56 Å². The number of fused-ring (bicyclic) bond motifs is 1. The predicted octanol–water partition coefficient (Wildman–Crippen LogP) is 2.89. The zero-order valence-electron chi connectivity index (χ0n) is 11.3. The molecular formula is C13H13N3O2S2. The molecule has 0 saturated heterocycles. The normalized spacial score (nSPS) is 11.3. The average molecular weight is 307 g/mol. The van der Waals surface area contributed by atoms with E-state index in [2.05, 4.69) is 9.97 Å². The molecule has 0 aromatic carbocycles. The molecule has 0 radical (unpaired) electrons. The van der Waals surface area contributed by atoms with E-state index in [0.29, 0.717) is 10.9 Å². The fourth-order valence-electron chi connectivity index (χ4n) is 1.93. The lowest BCUT2D eigenvalue weighted by Gasteiger charge is -2.06. The monoisotopic (exact) mass is 307 g/mol. The maximum atomic E-state index is 12.4. The minimum Gasteiger partial charge on any atom is -0.451 e. The molecule has 0 bridgehead atoms. The maximum Gasteiger partial charge on any atom is 0.262 e. The van der Waals surface area contributed by atoms with Crippen molar-refractivity contribution in [2.24, 2.45) is 7.05 Å². The molecule has 5 nitrogen and oxygen atoms in total. The number of thioether (sulfide) groups is 1. The van der Waals surface area contributed by atoms with Gasteiger partial charge in [-0.25, -0.2) is 9.97 Å². The van der Waals surface area contributed by atoms with E-state index in [-0.39, 0.29) is 5.56 Å². The van der Waals surface area contributed by atoms with Crippen LogP contribution in [0.25, 0.3) is 10.2 Å². The number of hydrogen-bond acceptors (Lipinski definition) is 6. The summed E-state index contributed by atoms with van der Waals surface area (Å²) in [6, 6.07) is 0. The SMILES string of the molecule is Cc1sc2nc(SCc3cocn3)n(C)c(=O)c2c1C. The van der Waals surface area contributed by atoms with E-state index in [1.165, 1.54) is 18.2 Å². The van der Waals surface area contributed by atoms with Crippen molar-refractivity contribution in [2.45, 2.75) is 24.8 Å². The largest absolute Gasteiger partial charge is 0.451 e. The van der Waals surface area contributed by atoms with Crippen LogP contribution in [-0.4, -0.2) is 14.5 Å². The quantitative estimate of drug-likeness (QED) is 0.550. The topological polar surface area (TPSA) is 60.9 Å². The molecule has 0 aliphatic carbocycles. The maximum absolute atomic E-state index is 12.4. The van der Waals surface area contributed by atoms with Crippen molar-refractivity contribution >= 4 is 33.3 Å². The lowest BCUT2D eigenvalue weighted by molar-refractivity contribution is 0.557. The molecule has 104 valence electrons. The second-order valence-corrected chi connectivity index (χ2v) is 6.64. The van der Waals surface area contributed by atoms with E-state index in [1.807, 2.05) is 13.8 Å². The van der Waals surface area contributed by atoms with Gasteiger partial charge in [0.15, 0.2) is 11.6 Å². The molecule has 0 aliphatic rings. The van der Waals surface area contributed by atoms with Crippen molar-refractivity contribution in [1.82, 2.24) is 14.5 Å². The summed E-state index contributed by atoms with van der Waals surface area (Å²) in [4.78, 5) is 23.0. The fourth-order valence-corrected chi connectivity index (χ4v) is 3.86. The Kier molecular flexibility index (Phi) is 3.39. The Morgan fingerprint density at radius 2 is 2.25 bits per heavy atom. The van der Waals surface area contributed by atoms with Crippen LogP contribution >= 0.6 is 23.1 Å². The summed E-state index contributed by atoms with van der Waals surface area (Å²) in [6.45, 7) is 3.99. The summed E-state index contributed by atoms with van der Waals surface area (Å²) >= 11 is 3.05. The van der Waals surface area contributed by atoms with Crippen LogP contribution in [0.2, 0.25) is 0 Å². The highest BCUT2D eigenvalue weighted by Gasteiger charge is 2.15. The van der Waals surface area contributed by atoms with Gasteiger partial charge in [0.1, 0.15) is 11.1 Å². The second kappa shape index (κ2) is 5.06. The van der Waals surface area contributed by atoms with Crippen molar-refractivity contribution in [3.05, 3.63) is 39.1 Å². The molecule has 3 rings (SSSR count). The van der Waals surface area contributed by atoms with E-state index in [1.54, 1.807) is 29.2 Å². The Labute approximate surface area is 123 Å². The number of nitrogens with zero attached hydrogens (tertiary/aromatic N) is 3. The molecule has 7 heteroatoms. The molecule has 0 aliphatic heterocycles. The van der Waals surface area contributed by atoms with Crippen LogP contribution in [0.15, 0.2) is 27.0 Å². The molecule has 0 fully saturated rings. The first-order valence-corrected chi connectivity index (χ1v) is 7.84. The molecule has 0 unspecified atom stereocenters. The van der Waals surface area contributed by atoms with Crippen molar-refractivity contribution in [2.75, 3.05) is 0 Å².